The summed E-state index contributed by atoms with van der Waals surface area (Å²) >= 11 is 9.92. The van der Waals surface area contributed by atoms with Crippen molar-refractivity contribution in [2.45, 2.75) is 12.5 Å². The molecule has 2 nitrogen and oxygen atoms in total. The zero-order valence-corrected chi connectivity index (χ0v) is 13.2. The first-order valence-corrected chi connectivity index (χ1v) is 7.75. The molecule has 0 radical (unpaired) electrons. The Balaban J connectivity index is 2.48. The molecule has 1 aromatic rings. The van der Waals surface area contributed by atoms with E-state index in [0.29, 0.717) is 17.1 Å². The Bertz CT molecular complexity index is 334. The summed E-state index contributed by atoms with van der Waals surface area (Å²) < 4.78 is 6.24. The summed E-state index contributed by atoms with van der Waals surface area (Å²) in [6.45, 7) is 0. The number of hydrogen-bond acceptors (Lipinski definition) is 2. The molecule has 0 aliphatic carbocycles. The minimum absolute atomic E-state index is 0.108. The third-order valence-electron chi connectivity index (χ3n) is 1.90. The van der Waals surface area contributed by atoms with Crippen molar-refractivity contribution in [3.63, 3.8) is 0 Å². The maximum Gasteiger partial charge on any atom is 0.310 e. The second kappa shape index (κ2) is 7.45. The lowest BCUT2D eigenvalue weighted by Crippen LogP contribution is -2.22. The van der Waals surface area contributed by atoms with Gasteiger partial charge in [-0.05, 0) is 17.7 Å². The van der Waals surface area contributed by atoms with Gasteiger partial charge in [-0.3, -0.25) is 4.79 Å². The van der Waals surface area contributed by atoms with Crippen molar-refractivity contribution in [2.24, 2.45) is 0 Å². The smallest absolute Gasteiger partial charge is 0.310 e. The van der Waals surface area contributed by atoms with Crippen molar-refractivity contribution in [1.82, 2.24) is 0 Å². The van der Waals surface area contributed by atoms with Crippen LogP contribution in [0.1, 0.15) is 5.56 Å². The molecular formula is C11H11Br3O2. The number of benzene rings is 1. The van der Waals surface area contributed by atoms with E-state index in [1.807, 2.05) is 24.3 Å². The molecule has 0 aromatic heterocycles. The lowest BCUT2D eigenvalue weighted by Gasteiger charge is -2.12. The summed E-state index contributed by atoms with van der Waals surface area (Å²) in [5, 5.41) is 1.29. The van der Waals surface area contributed by atoms with Crippen molar-refractivity contribution in [1.29, 1.82) is 0 Å². The van der Waals surface area contributed by atoms with Gasteiger partial charge in [0.05, 0.1) is 6.42 Å². The maximum absolute atomic E-state index is 11.5. The molecule has 0 amide bonds. The molecule has 0 N–H and O–H groups in total. The maximum atomic E-state index is 11.5. The van der Waals surface area contributed by atoms with Gasteiger partial charge in [0.2, 0.25) is 0 Å². The summed E-state index contributed by atoms with van der Waals surface area (Å²) in [5.41, 5.74) is 0.955. The van der Waals surface area contributed by atoms with E-state index < -0.39 is 0 Å². The van der Waals surface area contributed by atoms with Gasteiger partial charge in [-0.1, -0.05) is 59.9 Å². The van der Waals surface area contributed by atoms with E-state index in [4.69, 9.17) is 4.74 Å². The van der Waals surface area contributed by atoms with E-state index >= 15 is 0 Å². The van der Waals surface area contributed by atoms with Crippen molar-refractivity contribution in [3.8, 4) is 0 Å². The van der Waals surface area contributed by atoms with E-state index in [1.165, 1.54) is 0 Å². The van der Waals surface area contributed by atoms with Gasteiger partial charge in [0.15, 0.2) is 0 Å². The first-order chi connectivity index (χ1) is 7.65. The summed E-state index contributed by atoms with van der Waals surface area (Å²) in [7, 11) is 0. The van der Waals surface area contributed by atoms with Crippen molar-refractivity contribution in [2.75, 3.05) is 10.7 Å². The number of esters is 1. The fourth-order valence-corrected chi connectivity index (χ4v) is 2.70. The number of halogens is 3. The standard InChI is InChI=1S/C11H11Br3O2/c12-6-10(7-13)16-11(15)5-8-1-3-9(14)4-2-8/h1-4,10H,5-7H2. The Morgan fingerprint density at radius 2 is 1.75 bits per heavy atom. The lowest BCUT2D eigenvalue weighted by molar-refractivity contribution is -0.146. The van der Waals surface area contributed by atoms with Crippen LogP contribution in [0.5, 0.6) is 0 Å². The van der Waals surface area contributed by atoms with Gasteiger partial charge in [-0.15, -0.1) is 0 Å². The number of hydrogen-bond donors (Lipinski definition) is 0. The zero-order valence-electron chi connectivity index (χ0n) is 8.46. The molecule has 0 saturated heterocycles. The van der Waals surface area contributed by atoms with E-state index in [2.05, 4.69) is 47.8 Å². The van der Waals surface area contributed by atoms with E-state index in [-0.39, 0.29) is 12.1 Å². The Morgan fingerprint density at radius 3 is 2.25 bits per heavy atom. The molecule has 5 heteroatoms. The minimum Gasteiger partial charge on any atom is -0.460 e. The molecule has 0 aliphatic rings. The van der Waals surface area contributed by atoms with Crippen LogP contribution in [0, 0.1) is 0 Å². The van der Waals surface area contributed by atoms with Gasteiger partial charge in [0.1, 0.15) is 6.10 Å². The van der Waals surface area contributed by atoms with Crippen LogP contribution in [-0.4, -0.2) is 22.7 Å². The number of carbonyl (C=O) groups is 1. The third kappa shape index (κ3) is 4.97. The van der Waals surface area contributed by atoms with Gasteiger partial charge >= 0.3 is 5.97 Å². The molecule has 1 rings (SSSR count). The number of alkyl halides is 2. The number of carbonyl (C=O) groups excluding carboxylic acids is 1. The van der Waals surface area contributed by atoms with Gasteiger partial charge in [-0.25, -0.2) is 0 Å². The van der Waals surface area contributed by atoms with Crippen LogP contribution in [0.15, 0.2) is 28.7 Å². The molecule has 1 aromatic carbocycles. The van der Waals surface area contributed by atoms with Crippen molar-refractivity contribution in [3.05, 3.63) is 34.3 Å². The lowest BCUT2D eigenvalue weighted by atomic mass is 10.1. The Morgan fingerprint density at radius 1 is 1.19 bits per heavy atom. The molecule has 88 valence electrons. The highest BCUT2D eigenvalue weighted by molar-refractivity contribution is 9.10. The normalized spacial score (nSPS) is 10.5. The fraction of sp³-hybridized carbons (Fsp3) is 0.364. The summed E-state index contributed by atoms with van der Waals surface area (Å²) in [6.07, 6.45) is 0.201. The highest BCUT2D eigenvalue weighted by Crippen LogP contribution is 2.12. The van der Waals surface area contributed by atoms with Crippen LogP contribution in [0.25, 0.3) is 0 Å². The van der Waals surface area contributed by atoms with Crippen molar-refractivity contribution >= 4 is 53.8 Å². The first-order valence-electron chi connectivity index (χ1n) is 4.71. The van der Waals surface area contributed by atoms with E-state index in [0.717, 1.165) is 10.0 Å². The number of ether oxygens (including phenoxy) is 1. The Labute approximate surface area is 120 Å². The molecule has 0 saturated carbocycles. The zero-order chi connectivity index (χ0) is 12.0. The monoisotopic (exact) mass is 412 g/mol. The highest BCUT2D eigenvalue weighted by Gasteiger charge is 2.12. The van der Waals surface area contributed by atoms with Crippen LogP contribution < -0.4 is 0 Å². The van der Waals surface area contributed by atoms with E-state index in [1.54, 1.807) is 0 Å². The second-order valence-corrected chi connectivity index (χ2v) is 5.43. The van der Waals surface area contributed by atoms with Crippen LogP contribution in [0.4, 0.5) is 0 Å². The summed E-state index contributed by atoms with van der Waals surface area (Å²) in [5.74, 6) is -0.203. The molecule has 0 atom stereocenters. The molecule has 16 heavy (non-hydrogen) atoms. The first kappa shape index (κ1) is 14.2. The van der Waals surface area contributed by atoms with Gasteiger partial charge in [0, 0.05) is 15.1 Å². The summed E-state index contributed by atoms with van der Waals surface area (Å²) in [6, 6.07) is 7.63. The van der Waals surface area contributed by atoms with Crippen LogP contribution in [0.2, 0.25) is 0 Å². The van der Waals surface area contributed by atoms with Gasteiger partial charge in [0.25, 0.3) is 0 Å². The predicted octanol–water partition coefficient (Wildman–Crippen LogP) is 3.69. The topological polar surface area (TPSA) is 26.3 Å². The van der Waals surface area contributed by atoms with Crippen LogP contribution in [-0.2, 0) is 16.0 Å². The van der Waals surface area contributed by atoms with Crippen LogP contribution in [0.3, 0.4) is 0 Å². The van der Waals surface area contributed by atoms with E-state index in [9.17, 15) is 4.79 Å². The average Bonchev–Trinajstić information content (AvgIpc) is 2.29. The molecule has 0 fully saturated rings. The minimum atomic E-state index is -0.203. The molecule has 0 aliphatic heterocycles. The molecule has 0 spiro atoms. The van der Waals surface area contributed by atoms with Gasteiger partial charge < -0.3 is 4.74 Å². The molecule has 0 heterocycles. The van der Waals surface area contributed by atoms with Gasteiger partial charge in [-0.2, -0.15) is 0 Å². The fourth-order valence-electron chi connectivity index (χ4n) is 1.10. The summed E-state index contributed by atoms with van der Waals surface area (Å²) in [4.78, 5) is 11.5. The Kier molecular flexibility index (Phi) is 6.61. The van der Waals surface area contributed by atoms with Crippen LogP contribution >= 0.6 is 47.8 Å². The second-order valence-electron chi connectivity index (χ2n) is 3.22. The molecule has 0 bridgehead atoms. The molecular weight excluding hydrogens is 404 g/mol. The SMILES string of the molecule is O=C(Cc1ccc(Br)cc1)OC(CBr)CBr. The predicted molar refractivity (Wildman–Crippen MR) is 75.3 cm³/mol. The average molecular weight is 415 g/mol. The van der Waals surface area contributed by atoms with Crippen molar-refractivity contribution < 1.29 is 9.53 Å². The quantitative estimate of drug-likeness (QED) is 0.542. The number of rotatable bonds is 5. The Hall–Kier alpha value is 0.130. The highest BCUT2D eigenvalue weighted by atomic mass is 79.9. The largest absolute Gasteiger partial charge is 0.460 e. The third-order valence-corrected chi connectivity index (χ3v) is 3.88. The molecule has 0 unspecified atom stereocenters.